The Bertz CT molecular complexity index is 692. The predicted octanol–water partition coefficient (Wildman–Crippen LogP) is 3.43. The van der Waals surface area contributed by atoms with Crippen LogP contribution in [0.15, 0.2) is 51.8 Å². The number of nitrogen functional groups attached to an aromatic ring is 1. The van der Waals surface area contributed by atoms with Crippen molar-refractivity contribution in [2.45, 2.75) is 4.90 Å². The molecule has 7 heteroatoms. The topological polar surface area (TPSA) is 72.2 Å². The van der Waals surface area contributed by atoms with E-state index in [1.54, 1.807) is 36.4 Å². The minimum Gasteiger partial charge on any atom is -0.399 e. The Labute approximate surface area is 138 Å². The molecule has 0 saturated carbocycles. The SMILES string of the molecule is Nc1ccc(Cl)c(S(=O)CC(=O)Nc2ccc(Br)cc2)c1. The fraction of sp³-hybridized carbons (Fsp3) is 0.0714. The van der Waals surface area contributed by atoms with Crippen LogP contribution in [0.1, 0.15) is 0 Å². The summed E-state index contributed by atoms with van der Waals surface area (Å²) in [5.41, 5.74) is 6.73. The van der Waals surface area contributed by atoms with E-state index in [1.807, 2.05) is 0 Å². The van der Waals surface area contributed by atoms with E-state index < -0.39 is 10.8 Å². The predicted molar refractivity (Wildman–Crippen MR) is 89.9 cm³/mol. The molecule has 1 atom stereocenters. The number of nitrogens with one attached hydrogen (secondary N) is 1. The third kappa shape index (κ3) is 4.56. The fourth-order valence-corrected chi connectivity index (χ4v) is 3.28. The number of hydrogen-bond acceptors (Lipinski definition) is 3. The van der Waals surface area contributed by atoms with Crippen molar-refractivity contribution < 1.29 is 9.00 Å². The van der Waals surface area contributed by atoms with Gasteiger partial charge >= 0.3 is 0 Å². The number of amides is 1. The molecular weight excluding hydrogens is 376 g/mol. The normalized spacial score (nSPS) is 11.9. The molecule has 4 nitrogen and oxygen atoms in total. The molecule has 3 N–H and O–H groups in total. The number of halogens is 2. The Balaban J connectivity index is 2.03. The number of hydrogen-bond donors (Lipinski definition) is 2. The monoisotopic (exact) mass is 386 g/mol. The zero-order valence-corrected chi connectivity index (χ0v) is 14.0. The molecule has 0 bridgehead atoms. The first kappa shape index (κ1) is 16.0. The van der Waals surface area contributed by atoms with Gasteiger partial charge in [-0.1, -0.05) is 27.5 Å². The van der Waals surface area contributed by atoms with Crippen LogP contribution in [-0.4, -0.2) is 15.9 Å². The summed E-state index contributed by atoms with van der Waals surface area (Å²) in [6, 6.07) is 11.8. The fourth-order valence-electron chi connectivity index (χ4n) is 1.62. The molecule has 1 unspecified atom stereocenters. The summed E-state index contributed by atoms with van der Waals surface area (Å²) in [4.78, 5) is 12.3. The maximum absolute atomic E-state index is 12.2. The second-order valence-electron chi connectivity index (χ2n) is 4.23. The molecule has 21 heavy (non-hydrogen) atoms. The van der Waals surface area contributed by atoms with Gasteiger partial charge in [0.15, 0.2) is 0 Å². The van der Waals surface area contributed by atoms with Crippen molar-refractivity contribution in [3.63, 3.8) is 0 Å². The summed E-state index contributed by atoms with van der Waals surface area (Å²) in [6.07, 6.45) is 0. The lowest BCUT2D eigenvalue weighted by Gasteiger charge is -2.07. The van der Waals surface area contributed by atoms with E-state index in [0.29, 0.717) is 21.3 Å². The lowest BCUT2D eigenvalue weighted by molar-refractivity contribution is -0.113. The van der Waals surface area contributed by atoms with E-state index in [4.69, 9.17) is 17.3 Å². The molecule has 0 spiro atoms. The van der Waals surface area contributed by atoms with Crippen molar-refractivity contribution in [3.05, 3.63) is 52.0 Å². The molecule has 0 aliphatic carbocycles. The van der Waals surface area contributed by atoms with Gasteiger partial charge in [-0.25, -0.2) is 0 Å². The zero-order chi connectivity index (χ0) is 15.4. The second kappa shape index (κ2) is 7.06. The van der Waals surface area contributed by atoms with Crippen LogP contribution in [0.5, 0.6) is 0 Å². The van der Waals surface area contributed by atoms with Crippen LogP contribution in [0.3, 0.4) is 0 Å². The molecule has 1 amide bonds. The van der Waals surface area contributed by atoms with E-state index in [1.165, 1.54) is 6.07 Å². The first-order valence-corrected chi connectivity index (χ1v) is 8.43. The molecule has 2 aromatic carbocycles. The molecule has 2 rings (SSSR count). The van der Waals surface area contributed by atoms with Crippen LogP contribution in [0.4, 0.5) is 11.4 Å². The molecule has 0 fully saturated rings. The third-order valence-electron chi connectivity index (χ3n) is 2.59. The van der Waals surface area contributed by atoms with Gasteiger partial charge in [0, 0.05) is 15.8 Å². The Hall–Kier alpha value is -1.37. The van der Waals surface area contributed by atoms with E-state index >= 15 is 0 Å². The average Bonchev–Trinajstić information content (AvgIpc) is 2.44. The number of carbonyl (C=O) groups excluding carboxylic acids is 1. The van der Waals surface area contributed by atoms with Gasteiger partial charge in [0.2, 0.25) is 5.91 Å². The highest BCUT2D eigenvalue weighted by molar-refractivity contribution is 9.10. The summed E-state index contributed by atoms with van der Waals surface area (Å²) < 4.78 is 13.1. The van der Waals surface area contributed by atoms with Gasteiger partial charge < -0.3 is 11.1 Å². The Kier molecular flexibility index (Phi) is 5.39. The molecular formula is C14H12BrClN2O2S. The van der Waals surface area contributed by atoms with Crippen molar-refractivity contribution in [2.24, 2.45) is 0 Å². The van der Waals surface area contributed by atoms with E-state index in [-0.39, 0.29) is 11.7 Å². The molecule has 0 aliphatic heterocycles. The number of anilines is 2. The van der Waals surface area contributed by atoms with Gasteiger partial charge in [0.25, 0.3) is 0 Å². The quantitative estimate of drug-likeness (QED) is 0.789. The lowest BCUT2D eigenvalue weighted by atomic mass is 10.3. The minimum atomic E-state index is -1.55. The molecule has 110 valence electrons. The first-order chi connectivity index (χ1) is 9.95. The number of rotatable bonds is 4. The van der Waals surface area contributed by atoms with Gasteiger partial charge in [-0.2, -0.15) is 0 Å². The van der Waals surface area contributed by atoms with Gasteiger partial charge in [0.1, 0.15) is 5.75 Å². The number of carbonyl (C=O) groups is 1. The second-order valence-corrected chi connectivity index (χ2v) is 6.98. The largest absolute Gasteiger partial charge is 0.399 e. The minimum absolute atomic E-state index is 0.181. The van der Waals surface area contributed by atoms with Gasteiger partial charge in [0.05, 0.1) is 20.7 Å². The summed E-state index contributed by atoms with van der Waals surface area (Å²) in [5.74, 6) is -0.534. The highest BCUT2D eigenvalue weighted by atomic mass is 79.9. The lowest BCUT2D eigenvalue weighted by Crippen LogP contribution is -2.19. The van der Waals surface area contributed by atoms with E-state index in [9.17, 15) is 9.00 Å². The Morgan fingerprint density at radius 1 is 1.24 bits per heavy atom. The van der Waals surface area contributed by atoms with Crippen LogP contribution >= 0.6 is 27.5 Å². The number of nitrogens with two attached hydrogens (primary N) is 1. The van der Waals surface area contributed by atoms with Crippen LogP contribution in [0.25, 0.3) is 0 Å². The molecule has 0 aromatic heterocycles. The summed E-state index contributed by atoms with van der Waals surface area (Å²) in [6.45, 7) is 0. The number of benzene rings is 2. The van der Waals surface area contributed by atoms with Gasteiger partial charge in [-0.3, -0.25) is 9.00 Å². The van der Waals surface area contributed by atoms with Crippen LogP contribution < -0.4 is 11.1 Å². The molecule has 2 aromatic rings. The average molecular weight is 388 g/mol. The first-order valence-electron chi connectivity index (χ1n) is 5.94. The molecule has 0 heterocycles. The van der Waals surface area contributed by atoms with Crippen molar-refractivity contribution in [3.8, 4) is 0 Å². The zero-order valence-electron chi connectivity index (χ0n) is 10.8. The van der Waals surface area contributed by atoms with Crippen molar-refractivity contribution in [1.82, 2.24) is 0 Å². The van der Waals surface area contributed by atoms with E-state index in [0.717, 1.165) is 4.47 Å². The van der Waals surface area contributed by atoms with Crippen LogP contribution in [-0.2, 0) is 15.6 Å². The molecule has 0 saturated heterocycles. The Morgan fingerprint density at radius 2 is 1.90 bits per heavy atom. The van der Waals surface area contributed by atoms with Crippen LogP contribution in [0.2, 0.25) is 5.02 Å². The van der Waals surface area contributed by atoms with Crippen LogP contribution in [0, 0.1) is 0 Å². The molecule has 0 aliphatic rings. The highest BCUT2D eigenvalue weighted by Gasteiger charge is 2.14. The van der Waals surface area contributed by atoms with Crippen molar-refractivity contribution in [1.29, 1.82) is 0 Å². The van der Waals surface area contributed by atoms with Gasteiger partial charge in [-0.15, -0.1) is 0 Å². The molecule has 0 radical (unpaired) electrons. The van der Waals surface area contributed by atoms with Gasteiger partial charge in [-0.05, 0) is 42.5 Å². The highest BCUT2D eigenvalue weighted by Crippen LogP contribution is 2.22. The summed E-state index contributed by atoms with van der Waals surface area (Å²) in [5, 5.41) is 3.01. The van der Waals surface area contributed by atoms with Crippen molar-refractivity contribution >= 4 is 55.6 Å². The smallest absolute Gasteiger partial charge is 0.237 e. The van der Waals surface area contributed by atoms with E-state index in [2.05, 4.69) is 21.2 Å². The van der Waals surface area contributed by atoms with Crippen molar-refractivity contribution in [2.75, 3.05) is 16.8 Å². The maximum atomic E-state index is 12.2. The summed E-state index contributed by atoms with van der Waals surface area (Å²) >= 11 is 9.28. The standard InChI is InChI=1S/C14H12BrClN2O2S/c15-9-1-4-11(5-2-9)18-14(19)8-21(20)13-7-10(17)3-6-12(13)16/h1-7H,8,17H2,(H,18,19). The third-order valence-corrected chi connectivity index (χ3v) is 4.91. The Morgan fingerprint density at radius 3 is 2.57 bits per heavy atom. The summed E-state index contributed by atoms with van der Waals surface area (Å²) in [7, 11) is -1.55. The maximum Gasteiger partial charge on any atom is 0.237 e.